The Morgan fingerprint density at radius 3 is 2.40 bits per heavy atom. The first-order chi connectivity index (χ1) is 9.65. The molecule has 2 heterocycles. The molecule has 3 aromatic rings. The van der Waals surface area contributed by atoms with Crippen LogP contribution in [0.4, 0.5) is 0 Å². The molecule has 20 heavy (non-hydrogen) atoms. The molecule has 0 amide bonds. The number of aromatic nitrogens is 3. The van der Waals surface area contributed by atoms with Crippen molar-refractivity contribution in [2.45, 2.75) is 20.8 Å². The largest absolute Gasteiger partial charge is 0.265 e. The summed E-state index contributed by atoms with van der Waals surface area (Å²) in [5, 5.41) is 4.62. The fourth-order valence-electron chi connectivity index (χ4n) is 2.39. The molecular formula is C17H17N3. The number of aryl methyl sites for hydroxylation is 3. The van der Waals surface area contributed by atoms with E-state index in [1.165, 1.54) is 16.7 Å². The number of nitrogens with zero attached hydrogens (tertiary/aromatic N) is 3. The Kier molecular flexibility index (Phi) is 3.11. The molecule has 3 rings (SSSR count). The van der Waals surface area contributed by atoms with Crippen LogP contribution in [0.3, 0.4) is 0 Å². The summed E-state index contributed by atoms with van der Waals surface area (Å²) in [6, 6.07) is 12.6. The van der Waals surface area contributed by atoms with Gasteiger partial charge in [-0.25, -0.2) is 4.68 Å². The van der Waals surface area contributed by atoms with E-state index in [-0.39, 0.29) is 0 Å². The minimum Gasteiger partial charge on any atom is -0.265 e. The van der Waals surface area contributed by atoms with Gasteiger partial charge in [0.2, 0.25) is 0 Å². The van der Waals surface area contributed by atoms with Crippen LogP contribution >= 0.6 is 0 Å². The molecule has 3 nitrogen and oxygen atoms in total. The van der Waals surface area contributed by atoms with Crippen LogP contribution in [0.5, 0.6) is 0 Å². The highest BCUT2D eigenvalue weighted by Crippen LogP contribution is 2.27. The van der Waals surface area contributed by atoms with E-state index in [0.29, 0.717) is 0 Å². The van der Waals surface area contributed by atoms with Crippen molar-refractivity contribution >= 4 is 0 Å². The number of hydrogen-bond acceptors (Lipinski definition) is 2. The van der Waals surface area contributed by atoms with Crippen molar-refractivity contribution in [1.82, 2.24) is 14.8 Å². The summed E-state index contributed by atoms with van der Waals surface area (Å²) in [6.45, 7) is 6.27. The lowest BCUT2D eigenvalue weighted by molar-refractivity contribution is 0.866. The van der Waals surface area contributed by atoms with Crippen LogP contribution in [-0.2, 0) is 0 Å². The fourth-order valence-corrected chi connectivity index (χ4v) is 2.39. The summed E-state index contributed by atoms with van der Waals surface area (Å²) in [6.07, 6.45) is 3.58. The molecular weight excluding hydrogens is 246 g/mol. The molecule has 0 aliphatic heterocycles. The lowest BCUT2D eigenvalue weighted by Gasteiger charge is -2.10. The van der Waals surface area contributed by atoms with Crippen molar-refractivity contribution in [2.24, 2.45) is 0 Å². The molecule has 0 N–H and O–H groups in total. The molecule has 0 spiro atoms. The first-order valence-corrected chi connectivity index (χ1v) is 6.70. The number of rotatable bonds is 2. The maximum atomic E-state index is 4.62. The third kappa shape index (κ3) is 2.23. The zero-order valence-corrected chi connectivity index (χ0v) is 12.0. The number of hydrogen-bond donors (Lipinski definition) is 0. The molecule has 1 aromatic carbocycles. The van der Waals surface area contributed by atoms with Gasteiger partial charge >= 0.3 is 0 Å². The van der Waals surface area contributed by atoms with E-state index in [9.17, 15) is 0 Å². The Labute approximate surface area is 118 Å². The smallest absolute Gasteiger partial charge is 0.0746 e. The van der Waals surface area contributed by atoms with E-state index < -0.39 is 0 Å². The molecule has 0 fully saturated rings. The van der Waals surface area contributed by atoms with Crippen molar-refractivity contribution < 1.29 is 0 Å². The topological polar surface area (TPSA) is 30.7 Å². The van der Waals surface area contributed by atoms with Crippen LogP contribution in [0.25, 0.3) is 16.9 Å². The van der Waals surface area contributed by atoms with E-state index in [4.69, 9.17) is 0 Å². The summed E-state index contributed by atoms with van der Waals surface area (Å²) in [5.74, 6) is 0. The summed E-state index contributed by atoms with van der Waals surface area (Å²) in [7, 11) is 0. The van der Waals surface area contributed by atoms with Crippen LogP contribution in [0.15, 0.2) is 48.8 Å². The van der Waals surface area contributed by atoms with Gasteiger partial charge in [0.15, 0.2) is 0 Å². The first kappa shape index (κ1) is 12.6. The Hall–Kier alpha value is -2.42. The van der Waals surface area contributed by atoms with Crippen LogP contribution in [0.1, 0.15) is 16.8 Å². The third-order valence-corrected chi connectivity index (χ3v) is 3.41. The molecule has 0 saturated heterocycles. The molecule has 0 saturated carbocycles. The molecule has 0 aliphatic rings. The maximum Gasteiger partial charge on any atom is 0.0746 e. The average molecular weight is 263 g/mol. The van der Waals surface area contributed by atoms with Gasteiger partial charge in [-0.3, -0.25) is 4.98 Å². The van der Waals surface area contributed by atoms with Gasteiger partial charge < -0.3 is 0 Å². The second kappa shape index (κ2) is 4.93. The summed E-state index contributed by atoms with van der Waals surface area (Å²) in [5.41, 5.74) is 6.90. The predicted octanol–water partition coefficient (Wildman–Crippen LogP) is 3.86. The highest BCUT2D eigenvalue weighted by molar-refractivity contribution is 5.67. The molecule has 0 unspecified atom stereocenters. The molecule has 2 aromatic heterocycles. The molecule has 100 valence electrons. The highest BCUT2D eigenvalue weighted by Gasteiger charge is 2.11. The monoisotopic (exact) mass is 263 g/mol. The summed E-state index contributed by atoms with van der Waals surface area (Å²) in [4.78, 5) is 4.07. The van der Waals surface area contributed by atoms with Gasteiger partial charge in [0.1, 0.15) is 0 Å². The zero-order chi connectivity index (χ0) is 14.1. The first-order valence-electron chi connectivity index (χ1n) is 6.70. The average Bonchev–Trinajstić information content (AvgIpc) is 2.84. The Bertz CT molecular complexity index is 742. The normalized spacial score (nSPS) is 10.8. The predicted molar refractivity (Wildman–Crippen MR) is 81.0 cm³/mol. The standard InChI is InChI=1S/C17H17N3/c1-12-4-5-13(2)16(10-12)17-11-14(3)19-20(17)15-6-8-18-9-7-15/h4-11H,1-3H3. The quantitative estimate of drug-likeness (QED) is 0.703. The van der Waals surface area contributed by atoms with E-state index in [1.807, 2.05) is 23.7 Å². The summed E-state index contributed by atoms with van der Waals surface area (Å²) >= 11 is 0. The SMILES string of the molecule is Cc1ccc(C)c(-c2cc(C)nn2-c2ccncc2)c1. The van der Waals surface area contributed by atoms with Gasteiger partial charge in [-0.1, -0.05) is 17.7 Å². The van der Waals surface area contributed by atoms with Crippen molar-refractivity contribution in [3.05, 3.63) is 65.6 Å². The number of benzene rings is 1. The zero-order valence-electron chi connectivity index (χ0n) is 12.0. The van der Waals surface area contributed by atoms with E-state index in [2.05, 4.69) is 48.2 Å². The van der Waals surface area contributed by atoms with Gasteiger partial charge in [-0.15, -0.1) is 0 Å². The van der Waals surface area contributed by atoms with Crippen LogP contribution in [0.2, 0.25) is 0 Å². The van der Waals surface area contributed by atoms with E-state index in [1.54, 1.807) is 12.4 Å². The van der Waals surface area contributed by atoms with Crippen molar-refractivity contribution in [1.29, 1.82) is 0 Å². The van der Waals surface area contributed by atoms with Crippen LogP contribution < -0.4 is 0 Å². The Morgan fingerprint density at radius 1 is 0.900 bits per heavy atom. The van der Waals surface area contributed by atoms with Gasteiger partial charge in [-0.05, 0) is 50.6 Å². The summed E-state index contributed by atoms with van der Waals surface area (Å²) < 4.78 is 1.98. The fraction of sp³-hybridized carbons (Fsp3) is 0.176. The maximum absolute atomic E-state index is 4.62. The Morgan fingerprint density at radius 2 is 1.65 bits per heavy atom. The van der Waals surface area contributed by atoms with Gasteiger partial charge in [-0.2, -0.15) is 5.10 Å². The molecule has 0 bridgehead atoms. The minimum absolute atomic E-state index is 1.01. The lowest BCUT2D eigenvalue weighted by atomic mass is 10.0. The lowest BCUT2D eigenvalue weighted by Crippen LogP contribution is -2.00. The molecule has 0 radical (unpaired) electrons. The second-order valence-corrected chi connectivity index (χ2v) is 5.11. The molecule has 0 atom stereocenters. The second-order valence-electron chi connectivity index (χ2n) is 5.11. The third-order valence-electron chi connectivity index (χ3n) is 3.41. The van der Waals surface area contributed by atoms with E-state index >= 15 is 0 Å². The van der Waals surface area contributed by atoms with E-state index in [0.717, 1.165) is 17.1 Å². The van der Waals surface area contributed by atoms with Crippen LogP contribution in [0, 0.1) is 20.8 Å². The van der Waals surface area contributed by atoms with Crippen molar-refractivity contribution in [3.63, 3.8) is 0 Å². The van der Waals surface area contributed by atoms with Gasteiger partial charge in [0, 0.05) is 18.0 Å². The van der Waals surface area contributed by atoms with Crippen LogP contribution in [-0.4, -0.2) is 14.8 Å². The van der Waals surface area contributed by atoms with Gasteiger partial charge in [0.05, 0.1) is 17.1 Å². The highest BCUT2D eigenvalue weighted by atomic mass is 15.3. The Balaban J connectivity index is 2.22. The number of pyridine rings is 1. The van der Waals surface area contributed by atoms with Crippen molar-refractivity contribution in [3.8, 4) is 16.9 Å². The van der Waals surface area contributed by atoms with Crippen molar-refractivity contribution in [2.75, 3.05) is 0 Å². The molecule has 0 aliphatic carbocycles. The minimum atomic E-state index is 1.01. The van der Waals surface area contributed by atoms with Gasteiger partial charge in [0.25, 0.3) is 0 Å². The molecule has 3 heteroatoms.